The van der Waals surface area contributed by atoms with Crippen LogP contribution in [-0.2, 0) is 19.1 Å². The van der Waals surface area contributed by atoms with Gasteiger partial charge < -0.3 is 24.7 Å². The lowest BCUT2D eigenvalue weighted by atomic mass is 9.71. The van der Waals surface area contributed by atoms with Crippen LogP contribution in [0.3, 0.4) is 0 Å². The van der Waals surface area contributed by atoms with E-state index in [9.17, 15) is 24.6 Å². The minimum absolute atomic E-state index is 0.00933. The van der Waals surface area contributed by atoms with Crippen molar-refractivity contribution in [1.29, 1.82) is 0 Å². The molecule has 3 unspecified atom stereocenters. The smallest absolute Gasteiger partial charge is 0.308 e. The van der Waals surface area contributed by atoms with E-state index in [1.54, 1.807) is 15.9 Å². The molecule has 0 aromatic rings. The Hall–Kier alpha value is -1.14. The van der Waals surface area contributed by atoms with Gasteiger partial charge in [-0.2, -0.15) is 0 Å². The van der Waals surface area contributed by atoms with Crippen LogP contribution in [0.15, 0.2) is 12.7 Å². The van der Waals surface area contributed by atoms with Gasteiger partial charge in [-0.15, -0.1) is 18.3 Å². The summed E-state index contributed by atoms with van der Waals surface area (Å²) in [5.74, 6) is -2.85. The zero-order chi connectivity index (χ0) is 24.5. The van der Waals surface area contributed by atoms with Gasteiger partial charge in [0.05, 0.1) is 29.8 Å². The van der Waals surface area contributed by atoms with Gasteiger partial charge in [-0.05, 0) is 19.3 Å². The monoisotopic (exact) mass is 559 g/mol. The number of rotatable bonds is 11. The number of nitrogens with zero attached hydrogens (tertiary/aromatic N) is 3. The number of alkyl halides is 1. The van der Waals surface area contributed by atoms with Gasteiger partial charge in [0.1, 0.15) is 6.04 Å². The van der Waals surface area contributed by atoms with E-state index in [0.717, 1.165) is 13.1 Å². The fourth-order valence-electron chi connectivity index (χ4n) is 6.03. The van der Waals surface area contributed by atoms with Crippen LogP contribution in [0.25, 0.3) is 0 Å². The zero-order valence-electron chi connectivity index (χ0n) is 19.3. The number of morpholine rings is 1. The number of carbonyl (C=O) groups excluding carboxylic acids is 2. The quantitative estimate of drug-likeness (QED) is 0.216. The van der Waals surface area contributed by atoms with Crippen molar-refractivity contribution in [3.05, 3.63) is 12.7 Å². The Bertz CT molecular complexity index is 812. The number of fused-ring (bicyclic) bond motifs is 1. The van der Waals surface area contributed by atoms with Crippen LogP contribution in [-0.4, -0.2) is 123 Å². The lowest BCUT2D eigenvalue weighted by molar-refractivity contribution is -0.148. The fourth-order valence-corrected chi connectivity index (χ4v) is 9.63. The number of hydrogen-bond acceptors (Lipinski definition) is 7. The average Bonchev–Trinajstić information content (AvgIpc) is 3.41. The highest BCUT2D eigenvalue weighted by Gasteiger charge is 2.75. The van der Waals surface area contributed by atoms with Gasteiger partial charge in [-0.1, -0.05) is 22.0 Å². The number of unbranched alkanes of at least 4 members (excludes halogenated alkanes) is 1. The molecule has 11 heteroatoms. The van der Waals surface area contributed by atoms with E-state index in [4.69, 9.17) is 4.74 Å². The van der Waals surface area contributed by atoms with Crippen molar-refractivity contribution in [2.24, 2.45) is 11.8 Å². The zero-order valence-corrected chi connectivity index (χ0v) is 21.7. The molecule has 2 N–H and O–H groups in total. The number of likely N-dealkylation sites (tertiary alicyclic amines) is 1. The SMILES string of the molecule is C=CCN(CCN1CCOCC1)C(=O)C1N(CCCCO)C(=O)[C@@H]2[C@H](C(=O)O)[C@H]3SC12CC3Br. The Morgan fingerprint density at radius 1 is 1.29 bits per heavy atom. The van der Waals surface area contributed by atoms with Gasteiger partial charge in [-0.25, -0.2) is 0 Å². The predicted octanol–water partition coefficient (Wildman–Crippen LogP) is 0.655. The molecule has 4 aliphatic rings. The number of aliphatic carboxylic acids is 1. The molecule has 2 bridgehead atoms. The van der Waals surface area contributed by atoms with Gasteiger partial charge in [0.2, 0.25) is 11.8 Å². The molecule has 2 amide bonds. The molecule has 9 nitrogen and oxygen atoms in total. The number of hydrogen-bond donors (Lipinski definition) is 2. The van der Waals surface area contributed by atoms with Crippen LogP contribution >= 0.6 is 27.7 Å². The van der Waals surface area contributed by atoms with E-state index in [1.807, 2.05) is 0 Å². The van der Waals surface area contributed by atoms with Gasteiger partial charge in [-0.3, -0.25) is 19.3 Å². The van der Waals surface area contributed by atoms with Crippen LogP contribution in [0, 0.1) is 11.8 Å². The number of ether oxygens (including phenoxy) is 1. The summed E-state index contributed by atoms with van der Waals surface area (Å²) in [5, 5.41) is 19.0. The lowest BCUT2D eigenvalue weighted by Crippen LogP contribution is -2.56. The molecule has 6 atom stereocenters. The minimum atomic E-state index is -0.972. The summed E-state index contributed by atoms with van der Waals surface area (Å²) in [7, 11) is 0. The number of carboxylic acid groups (broad SMARTS) is 1. The highest BCUT2D eigenvalue weighted by molar-refractivity contribution is 9.09. The van der Waals surface area contributed by atoms with Crippen molar-refractivity contribution in [2.45, 2.75) is 40.1 Å². The predicted molar refractivity (Wildman–Crippen MR) is 132 cm³/mol. The van der Waals surface area contributed by atoms with Gasteiger partial charge in [0.25, 0.3) is 0 Å². The molecular formula is C23H34BrN3O6S. The van der Waals surface area contributed by atoms with Crippen molar-refractivity contribution < 1.29 is 29.3 Å². The van der Waals surface area contributed by atoms with Crippen LogP contribution in [0.2, 0.25) is 0 Å². The van der Waals surface area contributed by atoms with E-state index < -0.39 is 28.6 Å². The number of halogens is 1. The average molecular weight is 561 g/mol. The first-order valence-electron chi connectivity index (χ1n) is 12.0. The Kier molecular flexibility index (Phi) is 8.28. The molecule has 4 aliphatic heterocycles. The van der Waals surface area contributed by atoms with Crippen LogP contribution in [0.1, 0.15) is 19.3 Å². The molecule has 4 heterocycles. The standard InChI is InChI=1S/C23H34BrN3O6S/c1-2-5-26(8-7-25-9-12-33-13-10-25)21(30)19-23-14-15(24)18(34-23)16(22(31)32)17(23)20(29)27(19)6-3-4-11-28/h2,15-19,28H,1,3-14H2,(H,31,32)/t15?,16-,17-,18-,19?,23?/m0/s1. The number of aliphatic hydroxyl groups excluding tert-OH is 1. The second kappa shape index (κ2) is 10.9. The molecule has 190 valence electrons. The molecule has 0 aliphatic carbocycles. The summed E-state index contributed by atoms with van der Waals surface area (Å²) in [6, 6.07) is -0.715. The summed E-state index contributed by atoms with van der Waals surface area (Å²) in [4.78, 5) is 45.6. The normalized spacial score (nSPS) is 34.9. The molecule has 34 heavy (non-hydrogen) atoms. The lowest BCUT2D eigenvalue weighted by Gasteiger charge is -2.38. The van der Waals surface area contributed by atoms with Gasteiger partial charge >= 0.3 is 5.97 Å². The molecule has 4 fully saturated rings. The van der Waals surface area contributed by atoms with E-state index in [1.165, 1.54) is 11.8 Å². The topological polar surface area (TPSA) is 111 Å². The maximum Gasteiger partial charge on any atom is 0.308 e. The molecule has 0 saturated carbocycles. The van der Waals surface area contributed by atoms with E-state index in [2.05, 4.69) is 27.4 Å². The maximum atomic E-state index is 14.1. The van der Waals surface area contributed by atoms with Crippen molar-refractivity contribution in [2.75, 3.05) is 59.1 Å². The first-order chi connectivity index (χ1) is 16.4. The first-order valence-corrected chi connectivity index (χ1v) is 13.8. The van der Waals surface area contributed by atoms with Gasteiger partial charge in [0.15, 0.2) is 0 Å². The Balaban J connectivity index is 1.62. The van der Waals surface area contributed by atoms with E-state index >= 15 is 0 Å². The van der Waals surface area contributed by atoms with Crippen molar-refractivity contribution in [3.8, 4) is 0 Å². The number of carbonyl (C=O) groups is 3. The Labute approximate surface area is 213 Å². The molecule has 4 saturated heterocycles. The largest absolute Gasteiger partial charge is 0.481 e. The third kappa shape index (κ3) is 4.54. The summed E-state index contributed by atoms with van der Waals surface area (Å²) in [6.45, 7) is 8.76. The highest BCUT2D eigenvalue weighted by atomic mass is 79.9. The molecule has 1 spiro atoms. The second-order valence-corrected chi connectivity index (χ2v) is 12.2. The fraction of sp³-hybridized carbons (Fsp3) is 0.783. The number of amides is 2. The Morgan fingerprint density at radius 2 is 2.03 bits per heavy atom. The highest BCUT2D eigenvalue weighted by Crippen LogP contribution is 2.67. The summed E-state index contributed by atoms with van der Waals surface area (Å²) >= 11 is 5.18. The van der Waals surface area contributed by atoms with E-state index in [-0.39, 0.29) is 28.5 Å². The second-order valence-electron chi connectivity index (χ2n) is 9.49. The maximum absolute atomic E-state index is 14.1. The minimum Gasteiger partial charge on any atom is -0.481 e. The molecule has 0 aromatic heterocycles. The van der Waals surface area contributed by atoms with Crippen molar-refractivity contribution in [3.63, 3.8) is 0 Å². The molecule has 4 rings (SSSR count). The third-order valence-electron chi connectivity index (χ3n) is 7.57. The summed E-state index contributed by atoms with van der Waals surface area (Å²) in [6.07, 6.45) is 3.37. The third-order valence-corrected chi connectivity index (χ3v) is 10.8. The molecule has 0 radical (unpaired) electrons. The Morgan fingerprint density at radius 3 is 2.68 bits per heavy atom. The number of aliphatic hydroxyl groups is 1. The molecular weight excluding hydrogens is 526 g/mol. The number of carboxylic acids is 1. The van der Waals surface area contributed by atoms with Crippen LogP contribution in [0.4, 0.5) is 0 Å². The first kappa shape index (κ1) is 25.9. The van der Waals surface area contributed by atoms with Crippen molar-refractivity contribution in [1.82, 2.24) is 14.7 Å². The molecule has 0 aromatic carbocycles. The van der Waals surface area contributed by atoms with Gasteiger partial charge in [0, 0.05) is 56.0 Å². The van der Waals surface area contributed by atoms with Crippen molar-refractivity contribution >= 4 is 45.5 Å². The van der Waals surface area contributed by atoms with Crippen LogP contribution < -0.4 is 0 Å². The number of thioether (sulfide) groups is 1. The van der Waals surface area contributed by atoms with Crippen LogP contribution in [0.5, 0.6) is 0 Å². The summed E-state index contributed by atoms with van der Waals surface area (Å²) < 4.78 is 4.66. The van der Waals surface area contributed by atoms with E-state index in [0.29, 0.717) is 58.7 Å². The summed E-state index contributed by atoms with van der Waals surface area (Å²) in [5.41, 5.74) is 0.